The van der Waals surface area contributed by atoms with E-state index < -0.39 is 0 Å². The number of rotatable bonds is 11. The second-order valence-corrected chi connectivity index (χ2v) is 6.62. The van der Waals surface area contributed by atoms with Crippen molar-refractivity contribution in [2.45, 2.75) is 70.0 Å². The Balaban J connectivity index is 1.57. The zero-order valence-electron chi connectivity index (χ0n) is 15.3. The standard InChI is InChI=1S/C20H30O6/c1-3-17(18-9-6-5-7-10-18)11-8-16-22-26-24-20-14-12-19(13-15-20)23-25-21-4-2/h3-4,8,11,16,18-20H,1-2,5-7,9-10,12-15H2/b16-8-,17-11+. The molecule has 6 nitrogen and oxygen atoms in total. The molecule has 2 aliphatic carbocycles. The largest absolute Gasteiger partial charge is 0.317 e. The SMILES string of the molecule is C=COOOC1CCC(OOO/C=C\C=C(/C=C)C2CCCCC2)CC1. The van der Waals surface area contributed by atoms with Crippen LogP contribution in [0.5, 0.6) is 0 Å². The van der Waals surface area contributed by atoms with Crippen LogP contribution in [0.1, 0.15) is 57.8 Å². The molecule has 2 fully saturated rings. The highest BCUT2D eigenvalue weighted by Crippen LogP contribution is 2.30. The van der Waals surface area contributed by atoms with Crippen LogP contribution in [0, 0.1) is 5.92 Å². The Kier molecular flexibility index (Phi) is 10.1. The average molecular weight is 366 g/mol. The fourth-order valence-electron chi connectivity index (χ4n) is 3.42. The summed E-state index contributed by atoms with van der Waals surface area (Å²) in [7, 11) is 0. The van der Waals surface area contributed by atoms with Crippen LogP contribution in [-0.4, -0.2) is 12.2 Å². The maximum Gasteiger partial charge on any atom is 0.132 e. The normalized spacial score (nSPS) is 25.2. The van der Waals surface area contributed by atoms with E-state index in [4.69, 9.17) is 19.7 Å². The van der Waals surface area contributed by atoms with E-state index in [2.05, 4.69) is 23.1 Å². The molecule has 0 spiro atoms. The molecule has 0 amide bonds. The van der Waals surface area contributed by atoms with Crippen molar-refractivity contribution in [2.75, 3.05) is 0 Å². The maximum absolute atomic E-state index is 5.25. The summed E-state index contributed by atoms with van der Waals surface area (Å²) >= 11 is 0. The van der Waals surface area contributed by atoms with Crippen LogP contribution in [0.25, 0.3) is 0 Å². The van der Waals surface area contributed by atoms with Crippen molar-refractivity contribution in [3.05, 3.63) is 49.5 Å². The monoisotopic (exact) mass is 366 g/mol. The Bertz CT molecular complexity index is 459. The summed E-state index contributed by atoms with van der Waals surface area (Å²) in [6.07, 6.45) is 17.9. The smallest absolute Gasteiger partial charge is 0.132 e. The molecule has 0 aromatic carbocycles. The molecule has 0 aliphatic heterocycles. The second-order valence-electron chi connectivity index (χ2n) is 6.62. The summed E-state index contributed by atoms with van der Waals surface area (Å²) in [6, 6.07) is 0. The molecule has 2 rings (SSSR count). The van der Waals surface area contributed by atoms with Gasteiger partial charge in [-0.3, -0.25) is 0 Å². The highest BCUT2D eigenvalue weighted by Gasteiger charge is 2.24. The molecule has 2 aliphatic rings. The van der Waals surface area contributed by atoms with Gasteiger partial charge in [0.1, 0.15) is 12.5 Å². The molecule has 0 heterocycles. The van der Waals surface area contributed by atoms with Crippen molar-refractivity contribution in [3.63, 3.8) is 0 Å². The van der Waals surface area contributed by atoms with Crippen LogP contribution in [0.2, 0.25) is 0 Å². The van der Waals surface area contributed by atoms with Crippen molar-refractivity contribution in [3.8, 4) is 0 Å². The Hall–Kier alpha value is -1.60. The fourth-order valence-corrected chi connectivity index (χ4v) is 3.42. The lowest BCUT2D eigenvalue weighted by Gasteiger charge is -2.25. The number of hydrogen-bond donors (Lipinski definition) is 0. The molecule has 0 atom stereocenters. The Morgan fingerprint density at radius 1 is 0.769 bits per heavy atom. The molecule has 0 saturated heterocycles. The van der Waals surface area contributed by atoms with Crippen LogP contribution < -0.4 is 0 Å². The maximum atomic E-state index is 5.25. The molecule has 0 bridgehead atoms. The van der Waals surface area contributed by atoms with Gasteiger partial charge in [-0.1, -0.05) is 44.6 Å². The Morgan fingerprint density at radius 2 is 1.38 bits per heavy atom. The minimum absolute atomic E-state index is 0.0159. The molecule has 0 N–H and O–H groups in total. The van der Waals surface area contributed by atoms with Crippen molar-refractivity contribution in [2.24, 2.45) is 5.92 Å². The first-order chi connectivity index (χ1) is 12.8. The van der Waals surface area contributed by atoms with Crippen molar-refractivity contribution in [1.29, 1.82) is 0 Å². The highest BCUT2D eigenvalue weighted by atomic mass is 17.5. The van der Waals surface area contributed by atoms with Crippen molar-refractivity contribution in [1.82, 2.24) is 0 Å². The average Bonchev–Trinajstić information content (AvgIpc) is 2.69. The fraction of sp³-hybridized carbons (Fsp3) is 0.600. The molecular formula is C20H30O6. The van der Waals surface area contributed by atoms with Gasteiger partial charge in [-0.2, -0.15) is 9.78 Å². The zero-order valence-corrected chi connectivity index (χ0v) is 15.3. The third-order valence-electron chi connectivity index (χ3n) is 4.85. The molecule has 0 aromatic rings. The molecule has 26 heavy (non-hydrogen) atoms. The topological polar surface area (TPSA) is 55.4 Å². The van der Waals surface area contributed by atoms with Gasteiger partial charge >= 0.3 is 0 Å². The summed E-state index contributed by atoms with van der Waals surface area (Å²) in [5.74, 6) is 0.612. The lowest BCUT2D eigenvalue weighted by Crippen LogP contribution is -2.26. The third kappa shape index (κ3) is 7.74. The molecule has 6 heteroatoms. The van der Waals surface area contributed by atoms with E-state index >= 15 is 0 Å². The summed E-state index contributed by atoms with van der Waals surface area (Å²) in [5, 5.41) is 9.33. The summed E-state index contributed by atoms with van der Waals surface area (Å²) < 4.78 is 0. The lowest BCUT2D eigenvalue weighted by atomic mass is 9.83. The predicted octanol–water partition coefficient (Wildman–Crippen LogP) is 5.41. The third-order valence-corrected chi connectivity index (χ3v) is 4.85. The van der Waals surface area contributed by atoms with Gasteiger partial charge in [-0.05, 0) is 66.2 Å². The first-order valence-electron chi connectivity index (χ1n) is 9.41. The molecule has 0 unspecified atom stereocenters. The first-order valence-corrected chi connectivity index (χ1v) is 9.41. The quantitative estimate of drug-likeness (QED) is 0.160. The minimum atomic E-state index is -0.0231. The van der Waals surface area contributed by atoms with E-state index in [0.717, 1.165) is 31.9 Å². The summed E-state index contributed by atoms with van der Waals surface area (Å²) in [5.41, 5.74) is 1.26. The van der Waals surface area contributed by atoms with E-state index in [9.17, 15) is 0 Å². The number of hydrogen-bond acceptors (Lipinski definition) is 6. The van der Waals surface area contributed by atoms with Gasteiger partial charge in [0, 0.05) is 0 Å². The van der Waals surface area contributed by atoms with Crippen LogP contribution in [0.4, 0.5) is 0 Å². The van der Waals surface area contributed by atoms with E-state index in [1.54, 1.807) is 0 Å². The molecule has 0 aromatic heterocycles. The molecule has 146 valence electrons. The van der Waals surface area contributed by atoms with Gasteiger partial charge in [-0.25, -0.2) is 0 Å². The highest BCUT2D eigenvalue weighted by molar-refractivity contribution is 5.24. The van der Waals surface area contributed by atoms with Gasteiger partial charge in [0.25, 0.3) is 0 Å². The zero-order chi connectivity index (χ0) is 18.5. The van der Waals surface area contributed by atoms with E-state index in [1.807, 2.05) is 18.2 Å². The van der Waals surface area contributed by atoms with Crippen LogP contribution in [0.15, 0.2) is 49.5 Å². The van der Waals surface area contributed by atoms with Crippen LogP contribution in [0.3, 0.4) is 0 Å². The summed E-state index contributed by atoms with van der Waals surface area (Å²) in [4.78, 5) is 19.7. The molecular weight excluding hydrogens is 336 g/mol. The van der Waals surface area contributed by atoms with E-state index in [0.29, 0.717) is 5.92 Å². The predicted molar refractivity (Wildman–Crippen MR) is 96.7 cm³/mol. The molecule has 2 saturated carbocycles. The van der Waals surface area contributed by atoms with Crippen molar-refractivity contribution < 1.29 is 29.6 Å². The summed E-state index contributed by atoms with van der Waals surface area (Å²) in [6.45, 7) is 7.27. The number of allylic oxidation sites excluding steroid dienone is 4. The van der Waals surface area contributed by atoms with Gasteiger partial charge in [-0.15, -0.1) is 0 Å². The second kappa shape index (κ2) is 12.7. The van der Waals surface area contributed by atoms with Crippen molar-refractivity contribution >= 4 is 0 Å². The van der Waals surface area contributed by atoms with E-state index in [1.165, 1.54) is 43.9 Å². The van der Waals surface area contributed by atoms with Crippen LogP contribution >= 0.6 is 0 Å². The van der Waals surface area contributed by atoms with Crippen LogP contribution in [-0.2, 0) is 29.6 Å². The first kappa shape index (κ1) is 20.7. The minimum Gasteiger partial charge on any atom is -0.317 e. The lowest BCUT2D eigenvalue weighted by molar-refractivity contribution is -0.518. The molecule has 0 radical (unpaired) electrons. The van der Waals surface area contributed by atoms with Gasteiger partial charge in [0.05, 0.1) is 12.2 Å². The Morgan fingerprint density at radius 3 is 1.96 bits per heavy atom. The van der Waals surface area contributed by atoms with Gasteiger partial charge in [0.2, 0.25) is 0 Å². The van der Waals surface area contributed by atoms with Gasteiger partial charge in [0.15, 0.2) is 0 Å². The Labute approximate surface area is 155 Å². The van der Waals surface area contributed by atoms with Gasteiger partial charge < -0.3 is 9.78 Å². The van der Waals surface area contributed by atoms with E-state index in [-0.39, 0.29) is 12.2 Å².